The van der Waals surface area contributed by atoms with Gasteiger partial charge in [-0.15, -0.1) is 0 Å². The maximum absolute atomic E-state index is 10.6. The van der Waals surface area contributed by atoms with E-state index in [2.05, 4.69) is 27.6 Å². The van der Waals surface area contributed by atoms with Crippen LogP contribution in [0.3, 0.4) is 0 Å². The van der Waals surface area contributed by atoms with Gasteiger partial charge in [-0.3, -0.25) is 4.79 Å². The standard InChI is InChI=1S/C7H13BrO2/c1-6(5-8)3-4-7(9)10-2/h6H,3-5H2,1-2H3/t6-/m0/s1. The zero-order valence-corrected chi connectivity index (χ0v) is 7.98. The molecule has 0 unspecified atom stereocenters. The van der Waals surface area contributed by atoms with Gasteiger partial charge in [0.25, 0.3) is 0 Å². The van der Waals surface area contributed by atoms with E-state index in [1.807, 2.05) is 0 Å². The summed E-state index contributed by atoms with van der Waals surface area (Å²) in [5.41, 5.74) is 0. The van der Waals surface area contributed by atoms with Crippen molar-refractivity contribution in [2.75, 3.05) is 12.4 Å². The maximum Gasteiger partial charge on any atom is 0.305 e. The number of esters is 1. The van der Waals surface area contributed by atoms with Crippen molar-refractivity contribution >= 4 is 21.9 Å². The molecule has 0 heterocycles. The second-order valence-electron chi connectivity index (χ2n) is 2.37. The molecular formula is C7H13BrO2. The lowest BCUT2D eigenvalue weighted by Gasteiger charge is -2.04. The SMILES string of the molecule is COC(=O)CC[C@H](C)CBr. The summed E-state index contributed by atoms with van der Waals surface area (Å²) < 4.78 is 4.49. The molecule has 0 N–H and O–H groups in total. The molecule has 0 aliphatic heterocycles. The monoisotopic (exact) mass is 208 g/mol. The molecule has 10 heavy (non-hydrogen) atoms. The van der Waals surface area contributed by atoms with E-state index in [-0.39, 0.29) is 5.97 Å². The van der Waals surface area contributed by atoms with Gasteiger partial charge in [-0.05, 0) is 12.3 Å². The van der Waals surface area contributed by atoms with Gasteiger partial charge >= 0.3 is 5.97 Å². The number of ether oxygens (including phenoxy) is 1. The van der Waals surface area contributed by atoms with Crippen molar-refractivity contribution in [1.82, 2.24) is 0 Å². The zero-order chi connectivity index (χ0) is 7.98. The van der Waals surface area contributed by atoms with Gasteiger partial charge in [-0.1, -0.05) is 22.9 Å². The van der Waals surface area contributed by atoms with E-state index < -0.39 is 0 Å². The number of carbonyl (C=O) groups is 1. The first-order chi connectivity index (χ1) is 4.70. The lowest BCUT2D eigenvalue weighted by Crippen LogP contribution is -2.04. The summed E-state index contributed by atoms with van der Waals surface area (Å²) in [7, 11) is 1.42. The van der Waals surface area contributed by atoms with Gasteiger partial charge in [0, 0.05) is 11.8 Å². The summed E-state index contributed by atoms with van der Waals surface area (Å²) in [5.74, 6) is 0.437. The molecule has 0 amide bonds. The van der Waals surface area contributed by atoms with Crippen LogP contribution in [0.5, 0.6) is 0 Å². The first-order valence-corrected chi connectivity index (χ1v) is 4.45. The molecule has 1 atom stereocenters. The van der Waals surface area contributed by atoms with Gasteiger partial charge in [-0.2, -0.15) is 0 Å². The molecule has 0 saturated carbocycles. The molecule has 0 bridgehead atoms. The van der Waals surface area contributed by atoms with Crippen LogP contribution in [0.25, 0.3) is 0 Å². The number of halogens is 1. The first kappa shape index (κ1) is 9.95. The second-order valence-corrected chi connectivity index (χ2v) is 3.02. The lowest BCUT2D eigenvalue weighted by molar-refractivity contribution is -0.140. The fourth-order valence-corrected chi connectivity index (χ4v) is 0.867. The van der Waals surface area contributed by atoms with Crippen LogP contribution >= 0.6 is 15.9 Å². The van der Waals surface area contributed by atoms with Crippen molar-refractivity contribution in [3.8, 4) is 0 Å². The summed E-state index contributed by atoms with van der Waals surface area (Å²) >= 11 is 3.33. The van der Waals surface area contributed by atoms with Crippen molar-refractivity contribution in [2.24, 2.45) is 5.92 Å². The topological polar surface area (TPSA) is 26.3 Å². The third kappa shape index (κ3) is 4.79. The molecule has 3 heteroatoms. The van der Waals surface area contributed by atoms with Crippen LogP contribution < -0.4 is 0 Å². The van der Waals surface area contributed by atoms with Crippen LogP contribution in [0.15, 0.2) is 0 Å². The summed E-state index contributed by atoms with van der Waals surface area (Å²) in [6.45, 7) is 2.09. The Morgan fingerprint density at radius 1 is 1.70 bits per heavy atom. The fourth-order valence-electron chi connectivity index (χ4n) is 0.543. The number of rotatable bonds is 4. The zero-order valence-electron chi connectivity index (χ0n) is 6.39. The van der Waals surface area contributed by atoms with E-state index in [1.54, 1.807) is 0 Å². The van der Waals surface area contributed by atoms with Gasteiger partial charge in [0.05, 0.1) is 7.11 Å². The molecule has 0 aliphatic rings. The molecule has 0 spiro atoms. The molecular weight excluding hydrogens is 196 g/mol. The highest BCUT2D eigenvalue weighted by atomic mass is 79.9. The largest absolute Gasteiger partial charge is 0.469 e. The smallest absolute Gasteiger partial charge is 0.305 e. The first-order valence-electron chi connectivity index (χ1n) is 3.33. The highest BCUT2D eigenvalue weighted by Crippen LogP contribution is 2.08. The Balaban J connectivity index is 3.26. The molecule has 0 rings (SSSR count). The number of alkyl halides is 1. The Labute approximate surface area is 70.1 Å². The van der Waals surface area contributed by atoms with Gasteiger partial charge < -0.3 is 4.74 Å². The third-order valence-electron chi connectivity index (χ3n) is 1.33. The van der Waals surface area contributed by atoms with E-state index >= 15 is 0 Å². The van der Waals surface area contributed by atoms with Gasteiger partial charge in [0.2, 0.25) is 0 Å². The number of hydrogen-bond acceptors (Lipinski definition) is 2. The van der Waals surface area contributed by atoms with Crippen molar-refractivity contribution in [2.45, 2.75) is 19.8 Å². The number of methoxy groups -OCH3 is 1. The molecule has 0 fully saturated rings. The summed E-state index contributed by atoms with van der Waals surface area (Å²) in [4.78, 5) is 10.6. The van der Waals surface area contributed by atoms with Crippen molar-refractivity contribution in [3.63, 3.8) is 0 Å². The Morgan fingerprint density at radius 3 is 2.70 bits per heavy atom. The van der Waals surface area contributed by atoms with E-state index in [1.165, 1.54) is 7.11 Å². The minimum absolute atomic E-state index is 0.118. The molecule has 0 saturated heterocycles. The molecule has 0 aromatic rings. The van der Waals surface area contributed by atoms with E-state index in [9.17, 15) is 4.79 Å². The summed E-state index contributed by atoms with van der Waals surface area (Å²) in [6, 6.07) is 0. The van der Waals surface area contributed by atoms with Crippen LogP contribution in [-0.4, -0.2) is 18.4 Å². The highest BCUT2D eigenvalue weighted by Gasteiger charge is 2.04. The predicted molar refractivity (Wildman–Crippen MR) is 44.2 cm³/mol. The average molecular weight is 209 g/mol. The van der Waals surface area contributed by atoms with Gasteiger partial charge in [0.1, 0.15) is 0 Å². The highest BCUT2D eigenvalue weighted by molar-refractivity contribution is 9.09. The lowest BCUT2D eigenvalue weighted by atomic mass is 10.1. The van der Waals surface area contributed by atoms with Crippen molar-refractivity contribution < 1.29 is 9.53 Å². The molecule has 0 radical (unpaired) electrons. The Kier molecular flexibility index (Phi) is 5.69. The average Bonchev–Trinajstić information content (AvgIpc) is 1.99. The van der Waals surface area contributed by atoms with Crippen LogP contribution in [0.2, 0.25) is 0 Å². The third-order valence-corrected chi connectivity index (χ3v) is 2.44. The van der Waals surface area contributed by atoms with Crippen molar-refractivity contribution in [1.29, 1.82) is 0 Å². The minimum atomic E-state index is -0.118. The quantitative estimate of drug-likeness (QED) is 0.522. The fraction of sp³-hybridized carbons (Fsp3) is 0.857. The van der Waals surface area contributed by atoms with Crippen LogP contribution in [0, 0.1) is 5.92 Å². The summed E-state index contributed by atoms with van der Waals surface area (Å²) in [5, 5.41) is 0.948. The van der Waals surface area contributed by atoms with Crippen LogP contribution in [-0.2, 0) is 9.53 Å². The molecule has 0 aromatic carbocycles. The van der Waals surface area contributed by atoms with E-state index in [0.717, 1.165) is 11.8 Å². The van der Waals surface area contributed by atoms with Crippen LogP contribution in [0.4, 0.5) is 0 Å². The Hall–Kier alpha value is -0.0500. The minimum Gasteiger partial charge on any atom is -0.469 e. The predicted octanol–water partition coefficient (Wildman–Crippen LogP) is 1.97. The van der Waals surface area contributed by atoms with Gasteiger partial charge in [0.15, 0.2) is 0 Å². The second kappa shape index (κ2) is 5.71. The molecule has 60 valence electrons. The molecule has 2 nitrogen and oxygen atoms in total. The molecule has 0 aromatic heterocycles. The number of carbonyl (C=O) groups excluding carboxylic acids is 1. The Bertz CT molecular complexity index is 104. The number of hydrogen-bond donors (Lipinski definition) is 0. The van der Waals surface area contributed by atoms with Gasteiger partial charge in [-0.25, -0.2) is 0 Å². The van der Waals surface area contributed by atoms with E-state index in [0.29, 0.717) is 12.3 Å². The van der Waals surface area contributed by atoms with Crippen LogP contribution in [0.1, 0.15) is 19.8 Å². The Morgan fingerprint density at radius 2 is 2.30 bits per heavy atom. The van der Waals surface area contributed by atoms with E-state index in [4.69, 9.17) is 0 Å². The van der Waals surface area contributed by atoms with Crippen molar-refractivity contribution in [3.05, 3.63) is 0 Å². The normalized spacial score (nSPS) is 12.7. The maximum atomic E-state index is 10.6. The summed E-state index contributed by atoms with van der Waals surface area (Å²) in [6.07, 6.45) is 1.43. The molecule has 0 aliphatic carbocycles.